The van der Waals surface area contributed by atoms with Gasteiger partial charge in [-0.25, -0.2) is 5.84 Å². The maximum atomic E-state index is 12.0. The van der Waals surface area contributed by atoms with Crippen molar-refractivity contribution in [3.63, 3.8) is 0 Å². The number of nitrogens with zero attached hydrogens (tertiary/aromatic N) is 1. The molecule has 0 aliphatic heterocycles. The van der Waals surface area contributed by atoms with Crippen LogP contribution in [0.4, 0.5) is 0 Å². The molecule has 1 aromatic rings. The van der Waals surface area contributed by atoms with Crippen molar-refractivity contribution in [2.24, 2.45) is 16.8 Å². The lowest BCUT2D eigenvalue weighted by molar-refractivity contribution is -0.127. The van der Waals surface area contributed by atoms with Crippen LogP contribution in [-0.4, -0.2) is 17.8 Å². The molecule has 0 aromatic heterocycles. The van der Waals surface area contributed by atoms with Crippen molar-refractivity contribution >= 4 is 17.8 Å². The predicted molar refractivity (Wildman–Crippen MR) is 70.1 cm³/mol. The minimum absolute atomic E-state index is 0.101. The number of nitrogens with one attached hydrogen (secondary N) is 3. The molecule has 1 atom stereocenters. The average molecular weight is 264 g/mol. The van der Waals surface area contributed by atoms with Crippen LogP contribution in [0.3, 0.4) is 0 Å². The highest BCUT2D eigenvalue weighted by Gasteiger charge is 2.22. The van der Waals surface area contributed by atoms with Crippen LogP contribution in [0.1, 0.15) is 18.5 Å². The predicted octanol–water partition coefficient (Wildman–Crippen LogP) is -1.33. The Bertz CT molecular complexity index is 473. The summed E-state index contributed by atoms with van der Waals surface area (Å²) in [7, 11) is 0. The van der Waals surface area contributed by atoms with Crippen LogP contribution in [0.5, 0.6) is 0 Å². The highest BCUT2D eigenvalue weighted by Crippen LogP contribution is 2.12. The van der Waals surface area contributed by atoms with Crippen molar-refractivity contribution in [3.05, 3.63) is 35.9 Å². The SMILES string of the molecule is CC(=O)NC(C(=O)N/C(=N/N)NN)c1ccccc1. The number of rotatable bonds is 3. The zero-order valence-corrected chi connectivity index (χ0v) is 10.4. The highest BCUT2D eigenvalue weighted by atomic mass is 16.2. The summed E-state index contributed by atoms with van der Waals surface area (Å²) in [6.07, 6.45) is 0. The minimum Gasteiger partial charge on any atom is -0.341 e. The molecular formula is C11H16N6O2. The van der Waals surface area contributed by atoms with Crippen LogP contribution in [0, 0.1) is 0 Å². The number of hydrogen-bond donors (Lipinski definition) is 5. The van der Waals surface area contributed by atoms with Gasteiger partial charge in [-0.2, -0.15) is 0 Å². The van der Waals surface area contributed by atoms with Crippen LogP contribution in [0.15, 0.2) is 35.4 Å². The largest absolute Gasteiger partial charge is 0.341 e. The second-order valence-corrected chi connectivity index (χ2v) is 3.66. The Balaban J connectivity index is 2.92. The fraction of sp³-hybridized carbons (Fsp3) is 0.182. The van der Waals surface area contributed by atoms with Crippen molar-refractivity contribution < 1.29 is 9.59 Å². The number of amides is 2. The number of carbonyl (C=O) groups is 2. The van der Waals surface area contributed by atoms with Crippen LogP contribution in [0.25, 0.3) is 0 Å². The van der Waals surface area contributed by atoms with Crippen LogP contribution < -0.4 is 27.7 Å². The van der Waals surface area contributed by atoms with Gasteiger partial charge in [0.1, 0.15) is 6.04 Å². The van der Waals surface area contributed by atoms with Crippen molar-refractivity contribution in [1.82, 2.24) is 16.1 Å². The van der Waals surface area contributed by atoms with Gasteiger partial charge in [-0.3, -0.25) is 20.3 Å². The van der Waals surface area contributed by atoms with Crippen LogP contribution in [-0.2, 0) is 9.59 Å². The zero-order valence-electron chi connectivity index (χ0n) is 10.4. The molecule has 0 aliphatic rings. The Kier molecular flexibility index (Phi) is 5.30. The molecule has 102 valence electrons. The summed E-state index contributed by atoms with van der Waals surface area (Å²) in [5.74, 6) is 9.18. The molecule has 0 spiro atoms. The third-order valence-electron chi connectivity index (χ3n) is 2.25. The summed E-state index contributed by atoms with van der Waals surface area (Å²) in [6, 6.07) is 7.90. The number of hydrazine groups is 1. The molecule has 7 N–H and O–H groups in total. The standard InChI is InChI=1S/C11H16N6O2/c1-7(18)14-9(8-5-3-2-4-6-8)10(19)15-11(16-12)17-13/h2-6,9H,12-13H2,1H3,(H,14,18)(H2,15,16,17,19). The second-order valence-electron chi connectivity index (χ2n) is 3.66. The van der Waals surface area contributed by atoms with Gasteiger partial charge in [0.15, 0.2) is 0 Å². The number of guanidine groups is 1. The number of benzene rings is 1. The van der Waals surface area contributed by atoms with Gasteiger partial charge < -0.3 is 11.2 Å². The summed E-state index contributed by atoms with van der Waals surface area (Å²) in [5, 5.41) is 8.13. The first-order valence-corrected chi connectivity index (χ1v) is 5.46. The van der Waals surface area contributed by atoms with Crippen LogP contribution in [0.2, 0.25) is 0 Å². The van der Waals surface area contributed by atoms with E-state index in [9.17, 15) is 9.59 Å². The molecule has 19 heavy (non-hydrogen) atoms. The summed E-state index contributed by atoms with van der Waals surface area (Å²) in [4.78, 5) is 23.2. The number of hydrazone groups is 1. The first kappa shape index (κ1) is 14.5. The number of nitrogens with two attached hydrogens (primary N) is 2. The van der Waals surface area contributed by atoms with E-state index in [0.29, 0.717) is 5.56 Å². The van der Waals surface area contributed by atoms with Crippen LogP contribution >= 0.6 is 0 Å². The normalized spacial score (nSPS) is 12.4. The molecule has 0 bridgehead atoms. The Morgan fingerprint density at radius 3 is 2.37 bits per heavy atom. The van der Waals surface area contributed by atoms with Gasteiger partial charge in [-0.15, -0.1) is 5.10 Å². The lowest BCUT2D eigenvalue weighted by Gasteiger charge is -2.18. The van der Waals surface area contributed by atoms with E-state index in [2.05, 4.69) is 21.2 Å². The topological polar surface area (TPSA) is 135 Å². The summed E-state index contributed by atoms with van der Waals surface area (Å²) in [6.45, 7) is 1.32. The monoisotopic (exact) mass is 264 g/mol. The van der Waals surface area contributed by atoms with Gasteiger partial charge in [0.2, 0.25) is 11.9 Å². The van der Waals surface area contributed by atoms with E-state index in [0.717, 1.165) is 0 Å². The summed E-state index contributed by atoms with van der Waals surface area (Å²) >= 11 is 0. The third kappa shape index (κ3) is 4.28. The van der Waals surface area contributed by atoms with E-state index in [4.69, 9.17) is 11.7 Å². The molecule has 0 radical (unpaired) electrons. The van der Waals surface area contributed by atoms with E-state index in [1.807, 2.05) is 0 Å². The number of hydrogen-bond acceptors (Lipinski definition) is 5. The fourth-order valence-electron chi connectivity index (χ4n) is 1.44. The highest BCUT2D eigenvalue weighted by molar-refractivity contribution is 6.00. The van der Waals surface area contributed by atoms with Crippen molar-refractivity contribution in [1.29, 1.82) is 0 Å². The van der Waals surface area contributed by atoms with Crippen molar-refractivity contribution in [2.45, 2.75) is 13.0 Å². The van der Waals surface area contributed by atoms with E-state index < -0.39 is 11.9 Å². The van der Waals surface area contributed by atoms with Gasteiger partial charge >= 0.3 is 0 Å². The maximum absolute atomic E-state index is 12.0. The Hall–Kier alpha value is -2.61. The van der Waals surface area contributed by atoms with Gasteiger partial charge in [-0.1, -0.05) is 30.3 Å². The molecule has 2 amide bonds. The van der Waals surface area contributed by atoms with E-state index >= 15 is 0 Å². The molecule has 0 aliphatic carbocycles. The van der Waals surface area contributed by atoms with Crippen molar-refractivity contribution in [3.8, 4) is 0 Å². The van der Waals surface area contributed by atoms with E-state index in [1.165, 1.54) is 6.92 Å². The van der Waals surface area contributed by atoms with E-state index in [-0.39, 0.29) is 11.9 Å². The first-order valence-electron chi connectivity index (χ1n) is 5.46. The molecule has 8 nitrogen and oxygen atoms in total. The van der Waals surface area contributed by atoms with Gasteiger partial charge in [0.05, 0.1) is 0 Å². The first-order chi connectivity index (χ1) is 9.08. The molecule has 0 heterocycles. The summed E-state index contributed by atoms with van der Waals surface area (Å²) in [5.41, 5.74) is 2.75. The van der Waals surface area contributed by atoms with Gasteiger partial charge in [0, 0.05) is 6.92 Å². The Morgan fingerprint density at radius 1 is 1.26 bits per heavy atom. The van der Waals surface area contributed by atoms with Gasteiger partial charge in [-0.05, 0) is 5.56 Å². The van der Waals surface area contributed by atoms with Crippen molar-refractivity contribution in [2.75, 3.05) is 0 Å². The third-order valence-corrected chi connectivity index (χ3v) is 2.25. The fourth-order valence-corrected chi connectivity index (χ4v) is 1.44. The molecular weight excluding hydrogens is 248 g/mol. The molecule has 0 fully saturated rings. The lowest BCUT2D eigenvalue weighted by atomic mass is 10.1. The molecule has 1 rings (SSSR count). The molecule has 8 heteroatoms. The Morgan fingerprint density at radius 2 is 1.89 bits per heavy atom. The molecule has 1 unspecified atom stereocenters. The minimum atomic E-state index is -0.858. The van der Waals surface area contributed by atoms with Gasteiger partial charge in [0.25, 0.3) is 5.91 Å². The smallest absolute Gasteiger partial charge is 0.253 e. The molecule has 1 aromatic carbocycles. The molecule has 0 saturated carbocycles. The summed E-state index contributed by atoms with van der Waals surface area (Å²) < 4.78 is 0. The maximum Gasteiger partial charge on any atom is 0.253 e. The zero-order chi connectivity index (χ0) is 14.3. The Labute approximate surface area is 110 Å². The second kappa shape index (κ2) is 6.97. The lowest BCUT2D eigenvalue weighted by Crippen LogP contribution is -2.49. The average Bonchev–Trinajstić information content (AvgIpc) is 2.42. The van der Waals surface area contributed by atoms with E-state index in [1.54, 1.807) is 30.3 Å². The molecule has 0 saturated heterocycles. The quantitative estimate of drug-likeness (QED) is 0.199. The number of carbonyl (C=O) groups excluding carboxylic acids is 2.